The van der Waals surface area contributed by atoms with Crippen molar-refractivity contribution in [2.45, 2.75) is 64.8 Å². The maximum absolute atomic E-state index is 4.17. The lowest BCUT2D eigenvalue weighted by molar-refractivity contribution is 0.209. The van der Waals surface area contributed by atoms with Crippen LogP contribution in [0.1, 0.15) is 70.5 Å². The molecule has 1 aromatic heterocycles. The van der Waals surface area contributed by atoms with Gasteiger partial charge in [-0.2, -0.15) is 0 Å². The van der Waals surface area contributed by atoms with Gasteiger partial charge in [-0.3, -0.25) is 0 Å². The highest BCUT2D eigenvalue weighted by Gasteiger charge is 2.31. The maximum atomic E-state index is 4.17. The van der Waals surface area contributed by atoms with Crippen LogP contribution < -0.4 is 5.32 Å². The van der Waals surface area contributed by atoms with Crippen LogP contribution in [-0.4, -0.2) is 21.5 Å². The zero-order valence-corrected chi connectivity index (χ0v) is 15.2. The minimum atomic E-state index is 0.377. The first-order valence-electron chi connectivity index (χ1n) is 8.45. The molecule has 0 aliphatic heterocycles. The number of hydrogen-bond donors (Lipinski definition) is 1. The van der Waals surface area contributed by atoms with Crippen LogP contribution in [0.4, 0.5) is 0 Å². The third-order valence-corrected chi connectivity index (χ3v) is 5.36. The number of nitrogens with one attached hydrogen (secondary N) is 1. The molecule has 1 fully saturated rings. The molecule has 4 nitrogen and oxygen atoms in total. The van der Waals surface area contributed by atoms with Gasteiger partial charge in [-0.05, 0) is 53.6 Å². The fourth-order valence-corrected chi connectivity index (χ4v) is 4.25. The third-order valence-electron chi connectivity index (χ3n) is 4.80. The van der Waals surface area contributed by atoms with Crippen molar-refractivity contribution in [2.24, 2.45) is 18.9 Å². The Kier molecular flexibility index (Phi) is 6.68. The second-order valence-corrected chi connectivity index (χ2v) is 7.14. The predicted octanol–water partition coefficient (Wildman–Crippen LogP) is 4.22. The average Bonchev–Trinajstić information content (AvgIpc) is 2.81. The van der Waals surface area contributed by atoms with Crippen molar-refractivity contribution < 1.29 is 0 Å². The summed E-state index contributed by atoms with van der Waals surface area (Å²) < 4.78 is 2.82. The van der Waals surface area contributed by atoms with Crippen molar-refractivity contribution in [1.29, 1.82) is 0 Å². The van der Waals surface area contributed by atoms with Crippen molar-refractivity contribution in [3.8, 4) is 0 Å². The quantitative estimate of drug-likeness (QED) is 0.794. The summed E-state index contributed by atoms with van der Waals surface area (Å²) in [5, 5.41) is 12.1. The number of hydrogen-bond acceptors (Lipinski definition) is 3. The summed E-state index contributed by atoms with van der Waals surface area (Å²) in [5.41, 5.74) is 1.21. The molecule has 1 unspecified atom stereocenters. The Morgan fingerprint density at radius 3 is 2.48 bits per heavy atom. The van der Waals surface area contributed by atoms with Gasteiger partial charge in [0.2, 0.25) is 0 Å². The lowest BCUT2D eigenvalue weighted by atomic mass is 9.76. The molecule has 21 heavy (non-hydrogen) atoms. The van der Waals surface area contributed by atoms with Gasteiger partial charge in [-0.1, -0.05) is 44.7 Å². The molecule has 0 amide bonds. The Bertz CT molecular complexity index is 404. The monoisotopic (exact) mass is 356 g/mol. The molecule has 1 heterocycles. The van der Waals surface area contributed by atoms with Crippen molar-refractivity contribution >= 4 is 15.9 Å². The largest absolute Gasteiger partial charge is 0.308 e. The number of rotatable bonds is 7. The van der Waals surface area contributed by atoms with Crippen LogP contribution in [0, 0.1) is 11.8 Å². The highest BCUT2D eigenvalue weighted by molar-refractivity contribution is 9.10. The maximum Gasteiger partial charge on any atom is 0.153 e. The van der Waals surface area contributed by atoms with Crippen LogP contribution in [0.2, 0.25) is 0 Å². The van der Waals surface area contributed by atoms with Gasteiger partial charge in [-0.25, -0.2) is 4.68 Å². The summed E-state index contributed by atoms with van der Waals surface area (Å²) in [6.45, 7) is 5.58. The standard InChI is InChI=1S/C16H29BrN4/c1-4-6-12-7-9-13(10-8-12)14(18-11-5-2)15-16(17)19-20-21(15)3/h12-14,18H,4-11H2,1-3H3. The van der Waals surface area contributed by atoms with Crippen LogP contribution in [0.5, 0.6) is 0 Å². The summed E-state index contributed by atoms with van der Waals surface area (Å²) >= 11 is 3.58. The zero-order valence-electron chi connectivity index (χ0n) is 13.6. The lowest BCUT2D eigenvalue weighted by Gasteiger charge is -2.34. The van der Waals surface area contributed by atoms with Crippen LogP contribution >= 0.6 is 15.9 Å². The summed E-state index contributed by atoms with van der Waals surface area (Å²) in [7, 11) is 2.00. The molecule has 2 rings (SSSR count). The van der Waals surface area contributed by atoms with E-state index in [-0.39, 0.29) is 0 Å². The van der Waals surface area contributed by atoms with E-state index in [2.05, 4.69) is 45.4 Å². The SMILES string of the molecule is CCCNC(c1c(Br)nnn1C)C1CCC(CCC)CC1. The smallest absolute Gasteiger partial charge is 0.153 e. The zero-order chi connectivity index (χ0) is 15.2. The van der Waals surface area contributed by atoms with Crippen LogP contribution in [-0.2, 0) is 7.05 Å². The third kappa shape index (κ3) is 4.28. The molecule has 0 bridgehead atoms. The molecule has 120 valence electrons. The molecule has 1 aliphatic rings. The van der Waals surface area contributed by atoms with Gasteiger partial charge in [0.1, 0.15) is 0 Å². The van der Waals surface area contributed by atoms with Gasteiger partial charge in [-0.15, -0.1) is 5.10 Å². The number of aryl methyl sites for hydroxylation is 1. The van der Waals surface area contributed by atoms with E-state index in [1.54, 1.807) is 0 Å². The van der Waals surface area contributed by atoms with Crippen LogP contribution in [0.15, 0.2) is 4.60 Å². The van der Waals surface area contributed by atoms with E-state index in [0.717, 1.165) is 23.5 Å². The summed E-state index contributed by atoms with van der Waals surface area (Å²) in [5.74, 6) is 1.66. The first-order valence-corrected chi connectivity index (χ1v) is 9.25. The van der Waals surface area contributed by atoms with Crippen LogP contribution in [0.25, 0.3) is 0 Å². The average molecular weight is 357 g/mol. The predicted molar refractivity (Wildman–Crippen MR) is 90.1 cm³/mol. The summed E-state index contributed by atoms with van der Waals surface area (Å²) in [4.78, 5) is 0. The van der Waals surface area contributed by atoms with Gasteiger partial charge in [0.25, 0.3) is 0 Å². The van der Waals surface area contributed by atoms with E-state index in [4.69, 9.17) is 0 Å². The number of halogens is 1. The molecule has 1 aliphatic carbocycles. The highest BCUT2D eigenvalue weighted by atomic mass is 79.9. The van der Waals surface area contributed by atoms with Crippen molar-refractivity contribution in [2.75, 3.05) is 6.54 Å². The summed E-state index contributed by atoms with van der Waals surface area (Å²) in [6.07, 6.45) is 9.29. The Balaban J connectivity index is 2.07. The van der Waals surface area contributed by atoms with Gasteiger partial charge < -0.3 is 5.32 Å². The Morgan fingerprint density at radius 1 is 1.24 bits per heavy atom. The van der Waals surface area contributed by atoms with E-state index in [0.29, 0.717) is 12.0 Å². The van der Waals surface area contributed by atoms with Gasteiger partial charge in [0, 0.05) is 7.05 Å². The molecule has 5 heteroatoms. The fraction of sp³-hybridized carbons (Fsp3) is 0.875. The Morgan fingerprint density at radius 2 is 1.95 bits per heavy atom. The van der Waals surface area contributed by atoms with E-state index in [1.807, 2.05) is 11.7 Å². The molecule has 1 N–H and O–H groups in total. The normalized spacial score (nSPS) is 24.2. The molecule has 1 atom stereocenters. The fourth-order valence-electron chi connectivity index (χ4n) is 3.67. The molecule has 0 radical (unpaired) electrons. The van der Waals surface area contributed by atoms with Gasteiger partial charge in [0.15, 0.2) is 4.60 Å². The van der Waals surface area contributed by atoms with E-state index < -0.39 is 0 Å². The van der Waals surface area contributed by atoms with E-state index in [1.165, 1.54) is 44.2 Å². The van der Waals surface area contributed by atoms with E-state index >= 15 is 0 Å². The Hall–Kier alpha value is -0.420. The first kappa shape index (κ1) is 16.9. The number of nitrogens with zero attached hydrogens (tertiary/aromatic N) is 3. The first-order chi connectivity index (χ1) is 10.2. The van der Waals surface area contributed by atoms with E-state index in [9.17, 15) is 0 Å². The van der Waals surface area contributed by atoms with Crippen molar-refractivity contribution in [3.05, 3.63) is 10.3 Å². The molecule has 0 spiro atoms. The molecule has 1 saturated carbocycles. The topological polar surface area (TPSA) is 42.7 Å². The minimum absolute atomic E-state index is 0.377. The second kappa shape index (κ2) is 8.28. The number of aromatic nitrogens is 3. The highest BCUT2D eigenvalue weighted by Crippen LogP contribution is 2.39. The van der Waals surface area contributed by atoms with Crippen molar-refractivity contribution in [3.63, 3.8) is 0 Å². The minimum Gasteiger partial charge on any atom is -0.308 e. The van der Waals surface area contributed by atoms with Gasteiger partial charge in [0.05, 0.1) is 11.7 Å². The summed E-state index contributed by atoms with van der Waals surface area (Å²) in [6, 6.07) is 0.377. The molecule has 0 aromatic carbocycles. The van der Waals surface area contributed by atoms with Crippen molar-refractivity contribution in [1.82, 2.24) is 20.3 Å². The molecular formula is C16H29BrN4. The second-order valence-electron chi connectivity index (χ2n) is 6.39. The van der Waals surface area contributed by atoms with Crippen LogP contribution in [0.3, 0.4) is 0 Å². The lowest BCUT2D eigenvalue weighted by Crippen LogP contribution is -2.33. The molecule has 0 saturated heterocycles. The Labute approximate surface area is 137 Å². The molecular weight excluding hydrogens is 328 g/mol. The molecule has 1 aromatic rings. The van der Waals surface area contributed by atoms with Gasteiger partial charge >= 0.3 is 0 Å².